The van der Waals surface area contributed by atoms with Crippen LogP contribution in [0.15, 0.2) is 17.2 Å². The molecule has 3 heterocycles. The summed E-state index contributed by atoms with van der Waals surface area (Å²) >= 11 is 1.76. The van der Waals surface area contributed by atoms with Crippen molar-refractivity contribution >= 4 is 40.1 Å². The Morgan fingerprint density at radius 2 is 2.08 bits per heavy atom. The third-order valence-electron chi connectivity index (χ3n) is 4.14. The lowest BCUT2D eigenvalue weighted by atomic mass is 10.1. The second kappa shape index (κ2) is 8.57. The normalized spacial score (nSPS) is 22.6. The Morgan fingerprint density at radius 3 is 2.75 bits per heavy atom. The molecule has 2 fully saturated rings. The van der Waals surface area contributed by atoms with Gasteiger partial charge in [-0.25, -0.2) is 8.42 Å². The van der Waals surface area contributed by atoms with Gasteiger partial charge in [0.1, 0.15) is 10.6 Å². The molecule has 0 unspecified atom stereocenters. The van der Waals surface area contributed by atoms with Crippen molar-refractivity contribution in [1.82, 2.24) is 19.9 Å². The first-order chi connectivity index (χ1) is 11.1. The largest absolute Gasteiger partial charge is 0.356 e. The first-order valence-electron chi connectivity index (χ1n) is 7.85. The third kappa shape index (κ3) is 4.45. The zero-order valence-corrected chi connectivity index (χ0v) is 15.7. The molecule has 1 amide bonds. The number of amides is 1. The van der Waals surface area contributed by atoms with Gasteiger partial charge in [-0.15, -0.1) is 12.4 Å². The van der Waals surface area contributed by atoms with Gasteiger partial charge in [0.05, 0.1) is 0 Å². The molecule has 1 aromatic rings. The number of rotatable bonds is 4. The van der Waals surface area contributed by atoms with Crippen LogP contribution in [0, 0.1) is 0 Å². The Kier molecular flexibility index (Phi) is 6.99. The van der Waals surface area contributed by atoms with Crippen molar-refractivity contribution in [1.29, 1.82) is 0 Å². The second-order valence-electron chi connectivity index (χ2n) is 5.78. The maximum absolute atomic E-state index is 12.6. The van der Waals surface area contributed by atoms with Crippen molar-refractivity contribution in [2.75, 3.05) is 37.7 Å². The molecule has 0 bridgehead atoms. The van der Waals surface area contributed by atoms with Crippen molar-refractivity contribution in [2.24, 2.45) is 0 Å². The van der Waals surface area contributed by atoms with Crippen LogP contribution in [0.2, 0.25) is 0 Å². The van der Waals surface area contributed by atoms with Crippen LogP contribution >= 0.6 is 24.2 Å². The minimum absolute atomic E-state index is 0. The molecular formula is C14H23ClN4O3S2. The van der Waals surface area contributed by atoms with E-state index < -0.39 is 10.0 Å². The minimum Gasteiger partial charge on any atom is -0.356 e. The quantitative estimate of drug-likeness (QED) is 0.697. The molecule has 0 saturated carbocycles. The van der Waals surface area contributed by atoms with Crippen LogP contribution in [-0.2, 0) is 10.0 Å². The van der Waals surface area contributed by atoms with E-state index in [9.17, 15) is 13.2 Å². The molecule has 0 aliphatic carbocycles. The van der Waals surface area contributed by atoms with E-state index in [4.69, 9.17) is 0 Å². The van der Waals surface area contributed by atoms with Crippen LogP contribution in [-0.4, -0.2) is 67.3 Å². The maximum atomic E-state index is 12.6. The number of carbonyl (C=O) groups excluding carboxylic acids is 1. The van der Waals surface area contributed by atoms with Gasteiger partial charge in [-0.1, -0.05) is 0 Å². The molecule has 0 radical (unpaired) electrons. The molecule has 3 N–H and O–H groups in total. The summed E-state index contributed by atoms with van der Waals surface area (Å²) in [6, 6.07) is 1.53. The van der Waals surface area contributed by atoms with Gasteiger partial charge in [0.2, 0.25) is 10.0 Å². The van der Waals surface area contributed by atoms with Crippen molar-refractivity contribution in [2.45, 2.75) is 23.8 Å². The van der Waals surface area contributed by atoms with E-state index in [2.05, 4.69) is 15.6 Å². The maximum Gasteiger partial charge on any atom is 0.267 e. The number of H-pyrrole nitrogens is 1. The predicted molar refractivity (Wildman–Crippen MR) is 97.5 cm³/mol. The predicted octanol–water partition coefficient (Wildman–Crippen LogP) is 0.656. The van der Waals surface area contributed by atoms with Crippen LogP contribution in [0.25, 0.3) is 0 Å². The summed E-state index contributed by atoms with van der Waals surface area (Å²) in [6.45, 7) is 2.77. The highest BCUT2D eigenvalue weighted by atomic mass is 35.5. The number of carbonyl (C=O) groups is 1. The van der Waals surface area contributed by atoms with Crippen molar-refractivity contribution < 1.29 is 13.2 Å². The monoisotopic (exact) mass is 394 g/mol. The van der Waals surface area contributed by atoms with Crippen LogP contribution in [0.3, 0.4) is 0 Å². The van der Waals surface area contributed by atoms with Gasteiger partial charge in [0.25, 0.3) is 5.91 Å². The van der Waals surface area contributed by atoms with Crippen molar-refractivity contribution in [3.8, 4) is 0 Å². The summed E-state index contributed by atoms with van der Waals surface area (Å²) in [6.07, 6.45) is 3.38. The zero-order valence-electron chi connectivity index (χ0n) is 13.3. The molecule has 0 aromatic carbocycles. The highest BCUT2D eigenvalue weighted by Gasteiger charge is 2.28. The number of hydrogen-bond donors (Lipinski definition) is 3. The topological polar surface area (TPSA) is 94.3 Å². The number of hydrogen-bond acceptors (Lipinski definition) is 5. The lowest BCUT2D eigenvalue weighted by Gasteiger charge is -2.25. The van der Waals surface area contributed by atoms with Gasteiger partial charge >= 0.3 is 0 Å². The van der Waals surface area contributed by atoms with Gasteiger partial charge < -0.3 is 15.6 Å². The smallest absolute Gasteiger partial charge is 0.267 e. The van der Waals surface area contributed by atoms with Crippen LogP contribution < -0.4 is 10.6 Å². The Hall–Kier alpha value is -0.740. The summed E-state index contributed by atoms with van der Waals surface area (Å²) in [5.74, 6) is 1.37. The Labute approximate surface area is 152 Å². The van der Waals surface area contributed by atoms with Gasteiger partial charge in [0, 0.05) is 43.4 Å². The number of nitrogens with zero attached hydrogens (tertiary/aromatic N) is 1. The second-order valence-corrected chi connectivity index (χ2v) is 8.94. The molecule has 2 aliphatic heterocycles. The highest BCUT2D eigenvalue weighted by Crippen LogP contribution is 2.20. The number of sulfonamides is 1. The molecule has 3 rings (SSSR count). The molecule has 136 valence electrons. The van der Waals surface area contributed by atoms with Gasteiger partial charge in [-0.05, 0) is 25.5 Å². The average Bonchev–Trinajstić information content (AvgIpc) is 3.07. The van der Waals surface area contributed by atoms with E-state index >= 15 is 0 Å². The fraction of sp³-hybridized carbons (Fsp3) is 0.643. The SMILES string of the molecule is Cl.O=C(N[C@H]1CCCNC1)c1cc(S(=O)(=O)N2CCSCC2)c[nH]1. The molecule has 10 heteroatoms. The molecule has 24 heavy (non-hydrogen) atoms. The standard InChI is InChI=1S/C14H22N4O3S2.ClH/c19-14(17-11-2-1-3-15-9-11)13-8-12(10-16-13)23(20,21)18-4-6-22-7-5-18;/h8,10-11,15-16H,1-7,9H2,(H,17,19);1H/t11-;/m0./s1. The van der Waals surface area contributed by atoms with E-state index in [0.717, 1.165) is 37.4 Å². The zero-order chi connectivity index (χ0) is 16.3. The highest BCUT2D eigenvalue weighted by molar-refractivity contribution is 7.99. The summed E-state index contributed by atoms with van der Waals surface area (Å²) in [5.41, 5.74) is 0.292. The van der Waals surface area contributed by atoms with Gasteiger partial charge in [0.15, 0.2) is 0 Å². The van der Waals surface area contributed by atoms with Gasteiger partial charge in [-0.3, -0.25) is 4.79 Å². The van der Waals surface area contributed by atoms with E-state index in [1.807, 2.05) is 0 Å². The van der Waals surface area contributed by atoms with Crippen molar-refractivity contribution in [3.63, 3.8) is 0 Å². The molecule has 1 aromatic heterocycles. The average molecular weight is 395 g/mol. The Morgan fingerprint density at radius 1 is 1.33 bits per heavy atom. The number of aromatic amines is 1. The first-order valence-corrected chi connectivity index (χ1v) is 10.4. The molecule has 2 aliphatic rings. The lowest BCUT2D eigenvalue weighted by molar-refractivity contribution is 0.0926. The molecule has 2 saturated heterocycles. The number of nitrogens with one attached hydrogen (secondary N) is 3. The number of thioether (sulfide) groups is 1. The molecule has 7 nitrogen and oxygen atoms in total. The first kappa shape index (κ1) is 19.6. The molecule has 1 atom stereocenters. The minimum atomic E-state index is -3.51. The van der Waals surface area contributed by atoms with E-state index in [0.29, 0.717) is 18.8 Å². The summed E-state index contributed by atoms with van der Waals surface area (Å²) < 4.78 is 26.6. The van der Waals surface area contributed by atoms with Crippen LogP contribution in [0.5, 0.6) is 0 Å². The Bertz CT molecular complexity index is 653. The van der Waals surface area contributed by atoms with Crippen molar-refractivity contribution in [3.05, 3.63) is 18.0 Å². The van der Waals surface area contributed by atoms with Gasteiger partial charge in [-0.2, -0.15) is 16.1 Å². The molecular weight excluding hydrogens is 372 g/mol. The van der Waals surface area contributed by atoms with Crippen LogP contribution in [0.4, 0.5) is 0 Å². The number of halogens is 1. The fourth-order valence-corrected chi connectivity index (χ4v) is 5.40. The summed E-state index contributed by atoms with van der Waals surface area (Å²) in [4.78, 5) is 15.2. The Balaban J connectivity index is 0.00000208. The summed E-state index contributed by atoms with van der Waals surface area (Å²) in [7, 11) is -3.51. The lowest BCUT2D eigenvalue weighted by Crippen LogP contribution is -2.45. The third-order valence-corrected chi connectivity index (χ3v) is 6.96. The number of aromatic nitrogens is 1. The van der Waals surface area contributed by atoms with Crippen LogP contribution in [0.1, 0.15) is 23.3 Å². The fourth-order valence-electron chi connectivity index (χ4n) is 2.83. The summed E-state index contributed by atoms with van der Waals surface area (Å²) in [5, 5.41) is 6.17. The van der Waals surface area contributed by atoms with E-state index in [1.54, 1.807) is 11.8 Å². The molecule has 0 spiro atoms. The van der Waals surface area contributed by atoms with E-state index in [-0.39, 0.29) is 29.3 Å². The number of piperidine rings is 1. The van der Waals surface area contributed by atoms with E-state index in [1.165, 1.54) is 16.6 Å².